The van der Waals surface area contributed by atoms with Gasteiger partial charge in [0.05, 0.1) is 18.2 Å². The molecule has 3 amide bonds. The zero-order valence-electron chi connectivity index (χ0n) is 18.2. The Balaban J connectivity index is 1.60. The molecule has 0 aromatic heterocycles. The van der Waals surface area contributed by atoms with E-state index in [9.17, 15) is 18.0 Å². The summed E-state index contributed by atoms with van der Waals surface area (Å²) in [7, 11) is -3.06. The molecular formula is C24H29N3O4S. The van der Waals surface area contributed by atoms with Crippen LogP contribution in [0.4, 0.5) is 4.79 Å². The molecule has 0 aliphatic carbocycles. The highest BCUT2D eigenvalue weighted by Gasteiger charge is 2.51. The molecule has 0 bridgehead atoms. The lowest BCUT2D eigenvalue weighted by Gasteiger charge is -2.31. The summed E-state index contributed by atoms with van der Waals surface area (Å²) in [6, 6.07) is 18.7. The number of rotatable bonds is 8. The van der Waals surface area contributed by atoms with Crippen LogP contribution in [-0.4, -0.2) is 66.5 Å². The van der Waals surface area contributed by atoms with Gasteiger partial charge in [-0.05, 0) is 24.1 Å². The van der Waals surface area contributed by atoms with Gasteiger partial charge < -0.3 is 5.32 Å². The smallest absolute Gasteiger partial charge is 0.322 e. The number of nitrogens with one attached hydrogen (secondary N) is 1. The zero-order valence-corrected chi connectivity index (χ0v) is 19.1. The molecule has 0 radical (unpaired) electrons. The minimum atomic E-state index is -3.06. The lowest BCUT2D eigenvalue weighted by atomic mass is 9.84. The number of imide groups is 1. The molecule has 0 spiro atoms. The summed E-state index contributed by atoms with van der Waals surface area (Å²) in [4.78, 5) is 29.9. The lowest BCUT2D eigenvalue weighted by Crippen LogP contribution is -2.52. The molecule has 0 saturated carbocycles. The maximum absolute atomic E-state index is 13.7. The van der Waals surface area contributed by atoms with Gasteiger partial charge >= 0.3 is 6.03 Å². The highest BCUT2D eigenvalue weighted by Crippen LogP contribution is 2.28. The van der Waals surface area contributed by atoms with E-state index in [2.05, 4.69) is 5.32 Å². The average molecular weight is 456 g/mol. The van der Waals surface area contributed by atoms with Crippen molar-refractivity contribution in [3.8, 4) is 0 Å². The SMILES string of the molecule is CCN(CN1C(=O)NC(Cc2ccccc2)(Cc2ccccc2)C1=O)C1CCS(=O)(=O)C1. The second-order valence-corrected chi connectivity index (χ2v) is 10.9. The number of amides is 3. The van der Waals surface area contributed by atoms with Crippen LogP contribution in [0.3, 0.4) is 0 Å². The summed E-state index contributed by atoms with van der Waals surface area (Å²) in [5.74, 6) is -0.0429. The van der Waals surface area contributed by atoms with Gasteiger partial charge in [0.15, 0.2) is 9.84 Å². The fraction of sp³-hybridized carbons (Fsp3) is 0.417. The maximum Gasteiger partial charge on any atom is 0.326 e. The average Bonchev–Trinajstić information content (AvgIpc) is 3.24. The Morgan fingerprint density at radius 3 is 2.03 bits per heavy atom. The number of hydrogen-bond donors (Lipinski definition) is 1. The number of benzene rings is 2. The maximum atomic E-state index is 13.7. The third-order valence-electron chi connectivity index (χ3n) is 6.40. The molecule has 4 rings (SSSR count). The minimum Gasteiger partial charge on any atom is -0.322 e. The van der Waals surface area contributed by atoms with E-state index in [0.29, 0.717) is 25.8 Å². The Morgan fingerprint density at radius 2 is 1.56 bits per heavy atom. The molecule has 2 aromatic carbocycles. The number of urea groups is 1. The number of carbonyl (C=O) groups excluding carboxylic acids is 2. The predicted octanol–water partition coefficient (Wildman–Crippen LogP) is 2.23. The molecule has 2 aromatic rings. The van der Waals surface area contributed by atoms with E-state index in [1.165, 1.54) is 4.90 Å². The van der Waals surface area contributed by atoms with E-state index < -0.39 is 21.4 Å². The van der Waals surface area contributed by atoms with Crippen LogP contribution >= 0.6 is 0 Å². The van der Waals surface area contributed by atoms with Crippen molar-refractivity contribution in [3.63, 3.8) is 0 Å². The number of sulfone groups is 1. The first-order valence-electron chi connectivity index (χ1n) is 11.0. The van der Waals surface area contributed by atoms with Gasteiger partial charge in [0.2, 0.25) is 0 Å². The van der Waals surface area contributed by atoms with Crippen molar-refractivity contribution in [2.24, 2.45) is 0 Å². The molecule has 2 aliphatic rings. The summed E-state index contributed by atoms with van der Waals surface area (Å²) >= 11 is 0. The van der Waals surface area contributed by atoms with E-state index in [1.54, 1.807) is 0 Å². The van der Waals surface area contributed by atoms with Crippen LogP contribution in [0.2, 0.25) is 0 Å². The fourth-order valence-electron chi connectivity index (χ4n) is 4.71. The highest BCUT2D eigenvalue weighted by molar-refractivity contribution is 7.91. The predicted molar refractivity (Wildman–Crippen MR) is 123 cm³/mol. The van der Waals surface area contributed by atoms with Crippen molar-refractivity contribution in [2.75, 3.05) is 24.7 Å². The van der Waals surface area contributed by atoms with E-state index in [1.807, 2.05) is 72.5 Å². The topological polar surface area (TPSA) is 86.8 Å². The first-order valence-corrected chi connectivity index (χ1v) is 12.8. The first kappa shape index (κ1) is 22.5. The quantitative estimate of drug-likeness (QED) is 0.617. The van der Waals surface area contributed by atoms with Gasteiger partial charge in [0, 0.05) is 18.9 Å². The highest BCUT2D eigenvalue weighted by atomic mass is 32.2. The molecule has 8 heteroatoms. The van der Waals surface area contributed by atoms with Crippen molar-refractivity contribution < 1.29 is 18.0 Å². The first-order chi connectivity index (χ1) is 15.3. The molecule has 32 heavy (non-hydrogen) atoms. The van der Waals surface area contributed by atoms with Crippen molar-refractivity contribution in [2.45, 2.75) is 37.8 Å². The van der Waals surface area contributed by atoms with Gasteiger partial charge in [0.1, 0.15) is 5.54 Å². The third kappa shape index (κ3) is 4.71. The van der Waals surface area contributed by atoms with Crippen LogP contribution in [0.1, 0.15) is 24.5 Å². The van der Waals surface area contributed by atoms with E-state index in [0.717, 1.165) is 11.1 Å². The van der Waals surface area contributed by atoms with E-state index in [4.69, 9.17) is 0 Å². The van der Waals surface area contributed by atoms with Gasteiger partial charge in [-0.3, -0.25) is 9.69 Å². The van der Waals surface area contributed by atoms with E-state index in [-0.39, 0.29) is 30.1 Å². The monoisotopic (exact) mass is 455 g/mol. The van der Waals surface area contributed by atoms with Crippen molar-refractivity contribution in [3.05, 3.63) is 71.8 Å². The molecule has 2 saturated heterocycles. The second-order valence-electron chi connectivity index (χ2n) is 8.67. The van der Waals surface area contributed by atoms with Gasteiger partial charge in [-0.2, -0.15) is 0 Å². The van der Waals surface area contributed by atoms with Crippen LogP contribution in [-0.2, 0) is 27.5 Å². The van der Waals surface area contributed by atoms with Gasteiger partial charge in [-0.25, -0.2) is 18.1 Å². The van der Waals surface area contributed by atoms with Crippen molar-refractivity contribution >= 4 is 21.8 Å². The molecule has 1 atom stereocenters. The standard InChI is InChI=1S/C24H29N3O4S/c1-2-26(21-13-14-32(30,31)17-21)18-27-22(28)24(25-23(27)29,15-19-9-5-3-6-10-19)16-20-11-7-4-8-12-20/h3-12,21H,2,13-18H2,1H3,(H,25,29). The lowest BCUT2D eigenvalue weighted by molar-refractivity contribution is -0.133. The van der Waals surface area contributed by atoms with Crippen LogP contribution in [0, 0.1) is 0 Å². The molecule has 170 valence electrons. The van der Waals surface area contributed by atoms with Gasteiger partial charge in [-0.1, -0.05) is 67.6 Å². The Bertz CT molecular complexity index is 1030. The Kier molecular flexibility index (Phi) is 6.35. The van der Waals surface area contributed by atoms with Gasteiger partial charge in [0.25, 0.3) is 5.91 Å². The van der Waals surface area contributed by atoms with Crippen molar-refractivity contribution in [1.82, 2.24) is 15.1 Å². The number of nitrogens with zero attached hydrogens (tertiary/aromatic N) is 2. The number of carbonyl (C=O) groups is 2. The molecule has 2 fully saturated rings. The summed E-state index contributed by atoms with van der Waals surface area (Å²) in [6.45, 7) is 2.57. The van der Waals surface area contributed by atoms with Gasteiger partial charge in [-0.15, -0.1) is 0 Å². The molecular weight excluding hydrogens is 426 g/mol. The summed E-state index contributed by atoms with van der Waals surface area (Å²) in [6.07, 6.45) is 1.29. The van der Waals surface area contributed by atoms with Crippen LogP contribution in [0.5, 0.6) is 0 Å². The van der Waals surface area contributed by atoms with E-state index >= 15 is 0 Å². The Hall–Kier alpha value is -2.71. The second kappa shape index (κ2) is 9.03. The Morgan fingerprint density at radius 1 is 1.00 bits per heavy atom. The van der Waals surface area contributed by atoms with Crippen LogP contribution in [0.15, 0.2) is 60.7 Å². The largest absolute Gasteiger partial charge is 0.326 e. The summed E-state index contributed by atoms with van der Waals surface area (Å²) in [5, 5.41) is 2.99. The summed E-state index contributed by atoms with van der Waals surface area (Å²) in [5.41, 5.74) is 0.849. The Labute approximate surface area is 189 Å². The fourth-order valence-corrected chi connectivity index (χ4v) is 6.48. The zero-order chi connectivity index (χ0) is 22.8. The van der Waals surface area contributed by atoms with Crippen LogP contribution < -0.4 is 5.32 Å². The van der Waals surface area contributed by atoms with Crippen LogP contribution in [0.25, 0.3) is 0 Å². The minimum absolute atomic E-state index is 0.0731. The molecule has 1 N–H and O–H groups in total. The third-order valence-corrected chi connectivity index (χ3v) is 8.15. The number of hydrogen-bond acceptors (Lipinski definition) is 5. The summed E-state index contributed by atoms with van der Waals surface area (Å²) < 4.78 is 23.9. The molecule has 2 heterocycles. The normalized spacial score (nSPS) is 21.8. The molecule has 7 nitrogen and oxygen atoms in total. The molecule has 1 unspecified atom stereocenters. The van der Waals surface area contributed by atoms with Crippen molar-refractivity contribution in [1.29, 1.82) is 0 Å². The molecule has 2 aliphatic heterocycles.